The Bertz CT molecular complexity index is 949. The number of ether oxygens (including phenoxy) is 1. The Kier molecular flexibility index (Phi) is 5.55. The van der Waals surface area contributed by atoms with Crippen LogP contribution in [0.2, 0.25) is 0 Å². The number of carbonyl (C=O) groups is 1. The molecule has 3 rings (SSSR count). The monoisotopic (exact) mass is 370 g/mol. The molecular formula is C19H16F2N4O2. The molecule has 1 heterocycles. The molecule has 0 fully saturated rings. The van der Waals surface area contributed by atoms with Crippen LogP contribution in [0.4, 0.5) is 26.1 Å². The smallest absolute Gasteiger partial charge is 0.256 e. The largest absolute Gasteiger partial charge is 0.492 e. The molecule has 0 radical (unpaired) electrons. The Morgan fingerprint density at radius 3 is 2.44 bits per heavy atom. The molecule has 0 unspecified atom stereocenters. The second kappa shape index (κ2) is 8.22. The molecular weight excluding hydrogens is 354 g/mol. The maximum absolute atomic E-state index is 13.2. The average molecular weight is 370 g/mol. The van der Waals surface area contributed by atoms with Gasteiger partial charge in [0, 0.05) is 5.56 Å². The predicted molar refractivity (Wildman–Crippen MR) is 97.2 cm³/mol. The molecule has 0 aliphatic rings. The molecule has 0 saturated heterocycles. The van der Waals surface area contributed by atoms with Crippen LogP contribution >= 0.6 is 0 Å². The third-order valence-corrected chi connectivity index (χ3v) is 3.54. The van der Waals surface area contributed by atoms with Crippen molar-refractivity contribution in [2.45, 2.75) is 6.92 Å². The summed E-state index contributed by atoms with van der Waals surface area (Å²) in [5.74, 6) is -1.43. The van der Waals surface area contributed by atoms with Crippen LogP contribution in [0.1, 0.15) is 17.3 Å². The highest BCUT2D eigenvalue weighted by Gasteiger charge is 2.11. The zero-order chi connectivity index (χ0) is 19.2. The summed E-state index contributed by atoms with van der Waals surface area (Å²) in [5, 5.41) is 13.4. The lowest BCUT2D eigenvalue weighted by Gasteiger charge is -2.11. The number of halogens is 2. The summed E-state index contributed by atoms with van der Waals surface area (Å²) >= 11 is 0. The van der Waals surface area contributed by atoms with Gasteiger partial charge in [-0.1, -0.05) is 12.1 Å². The van der Waals surface area contributed by atoms with Crippen LogP contribution in [0.15, 0.2) is 54.6 Å². The first-order valence-electron chi connectivity index (χ1n) is 8.16. The lowest BCUT2D eigenvalue weighted by molar-refractivity contribution is 0.102. The van der Waals surface area contributed by atoms with E-state index in [-0.39, 0.29) is 11.4 Å². The van der Waals surface area contributed by atoms with Gasteiger partial charge in [-0.3, -0.25) is 4.79 Å². The number of benzene rings is 2. The normalized spacial score (nSPS) is 10.3. The van der Waals surface area contributed by atoms with Crippen LogP contribution in [-0.4, -0.2) is 22.7 Å². The Hall–Kier alpha value is -3.55. The molecule has 6 nitrogen and oxygen atoms in total. The maximum atomic E-state index is 13.2. The van der Waals surface area contributed by atoms with Gasteiger partial charge in [0.1, 0.15) is 5.75 Å². The minimum atomic E-state index is -1.10. The molecule has 0 aliphatic heterocycles. The lowest BCUT2D eigenvalue weighted by Crippen LogP contribution is -2.14. The Labute approximate surface area is 154 Å². The van der Waals surface area contributed by atoms with Gasteiger partial charge >= 0.3 is 0 Å². The predicted octanol–water partition coefficient (Wildman–Crippen LogP) is 4.15. The van der Waals surface area contributed by atoms with Crippen molar-refractivity contribution in [3.8, 4) is 5.75 Å². The molecule has 1 amide bonds. The van der Waals surface area contributed by atoms with Crippen LogP contribution in [0, 0.1) is 11.6 Å². The average Bonchev–Trinajstić information content (AvgIpc) is 2.67. The molecule has 2 aromatic carbocycles. The molecule has 8 heteroatoms. The minimum absolute atomic E-state index is 0.0245. The lowest BCUT2D eigenvalue weighted by atomic mass is 10.2. The highest BCUT2D eigenvalue weighted by Crippen LogP contribution is 2.26. The first kappa shape index (κ1) is 18.2. The van der Waals surface area contributed by atoms with Crippen molar-refractivity contribution in [3.63, 3.8) is 0 Å². The van der Waals surface area contributed by atoms with E-state index in [4.69, 9.17) is 4.74 Å². The number of hydrogen-bond acceptors (Lipinski definition) is 5. The van der Waals surface area contributed by atoms with Crippen LogP contribution in [0.25, 0.3) is 0 Å². The molecule has 138 valence electrons. The van der Waals surface area contributed by atoms with Gasteiger partial charge in [0.15, 0.2) is 23.3 Å². The van der Waals surface area contributed by atoms with Crippen LogP contribution in [0.5, 0.6) is 5.75 Å². The van der Waals surface area contributed by atoms with Crippen molar-refractivity contribution in [2.75, 3.05) is 17.2 Å². The molecule has 0 atom stereocenters. The van der Waals surface area contributed by atoms with Crippen molar-refractivity contribution in [2.24, 2.45) is 0 Å². The number of aromatic nitrogens is 2. The van der Waals surface area contributed by atoms with Gasteiger partial charge in [0.2, 0.25) is 0 Å². The molecule has 2 N–H and O–H groups in total. The summed E-state index contributed by atoms with van der Waals surface area (Å²) < 4.78 is 31.7. The molecule has 0 spiro atoms. The summed E-state index contributed by atoms with van der Waals surface area (Å²) in [6, 6.07) is 13.4. The summed E-state index contributed by atoms with van der Waals surface area (Å²) in [6.07, 6.45) is 0. The molecule has 0 saturated carbocycles. The van der Waals surface area contributed by atoms with Gasteiger partial charge in [-0.15, -0.1) is 10.2 Å². The van der Waals surface area contributed by atoms with E-state index in [1.165, 1.54) is 12.1 Å². The van der Waals surface area contributed by atoms with Gasteiger partial charge in [-0.2, -0.15) is 0 Å². The molecule has 27 heavy (non-hydrogen) atoms. The SMILES string of the molecule is CCOc1ccccc1Nc1ccc(NC(=O)c2ccc(F)c(F)c2)nn1. The Morgan fingerprint density at radius 2 is 1.74 bits per heavy atom. The van der Waals surface area contributed by atoms with E-state index >= 15 is 0 Å². The van der Waals surface area contributed by atoms with Gasteiger partial charge in [0.05, 0.1) is 12.3 Å². The van der Waals surface area contributed by atoms with E-state index < -0.39 is 17.5 Å². The van der Waals surface area contributed by atoms with Crippen LogP contribution < -0.4 is 15.4 Å². The van der Waals surface area contributed by atoms with E-state index in [1.807, 2.05) is 31.2 Å². The van der Waals surface area contributed by atoms with Crippen molar-refractivity contribution >= 4 is 23.2 Å². The summed E-state index contributed by atoms with van der Waals surface area (Å²) in [7, 11) is 0. The van der Waals surface area contributed by atoms with E-state index in [1.54, 1.807) is 6.07 Å². The minimum Gasteiger partial charge on any atom is -0.492 e. The Morgan fingerprint density at radius 1 is 1.00 bits per heavy atom. The van der Waals surface area contributed by atoms with Gasteiger partial charge in [-0.25, -0.2) is 8.78 Å². The second-order valence-electron chi connectivity index (χ2n) is 5.44. The third kappa shape index (κ3) is 4.55. The zero-order valence-corrected chi connectivity index (χ0v) is 14.4. The van der Waals surface area contributed by atoms with Gasteiger partial charge < -0.3 is 15.4 Å². The highest BCUT2D eigenvalue weighted by atomic mass is 19.2. The number of anilines is 3. The van der Waals surface area contributed by atoms with Crippen molar-refractivity contribution < 1.29 is 18.3 Å². The van der Waals surface area contributed by atoms with Gasteiger partial charge in [0.25, 0.3) is 5.91 Å². The van der Waals surface area contributed by atoms with Gasteiger partial charge in [-0.05, 0) is 49.4 Å². The summed E-state index contributed by atoms with van der Waals surface area (Å²) in [4.78, 5) is 12.1. The van der Waals surface area contributed by atoms with E-state index in [9.17, 15) is 13.6 Å². The van der Waals surface area contributed by atoms with E-state index in [2.05, 4.69) is 20.8 Å². The Balaban J connectivity index is 1.68. The topological polar surface area (TPSA) is 76.1 Å². The summed E-state index contributed by atoms with van der Waals surface area (Å²) in [5.41, 5.74) is 0.704. The quantitative estimate of drug-likeness (QED) is 0.682. The molecule has 3 aromatic rings. The number of carbonyl (C=O) groups excluding carboxylic acids is 1. The molecule has 1 aromatic heterocycles. The van der Waals surface area contributed by atoms with E-state index in [0.29, 0.717) is 18.2 Å². The first-order valence-corrected chi connectivity index (χ1v) is 8.16. The fourth-order valence-corrected chi connectivity index (χ4v) is 2.28. The molecule has 0 aliphatic carbocycles. The van der Waals surface area contributed by atoms with Crippen LogP contribution in [-0.2, 0) is 0 Å². The van der Waals surface area contributed by atoms with Crippen molar-refractivity contribution in [1.29, 1.82) is 0 Å². The third-order valence-electron chi connectivity index (χ3n) is 3.54. The standard InChI is InChI=1S/C19H16F2N4O2/c1-2-27-16-6-4-3-5-15(16)22-17-9-10-18(25-24-17)23-19(26)12-7-8-13(20)14(21)11-12/h3-11H,2H2,1H3,(H,22,24)(H,23,25,26). The maximum Gasteiger partial charge on any atom is 0.256 e. The van der Waals surface area contributed by atoms with E-state index in [0.717, 1.165) is 17.8 Å². The number of rotatable bonds is 6. The number of hydrogen-bond donors (Lipinski definition) is 2. The van der Waals surface area contributed by atoms with Crippen molar-refractivity contribution in [3.05, 3.63) is 71.8 Å². The first-order chi connectivity index (χ1) is 13.1. The van der Waals surface area contributed by atoms with Crippen molar-refractivity contribution in [1.82, 2.24) is 10.2 Å². The number of nitrogens with one attached hydrogen (secondary N) is 2. The highest BCUT2D eigenvalue weighted by molar-refractivity contribution is 6.03. The number of amides is 1. The van der Waals surface area contributed by atoms with Crippen LogP contribution in [0.3, 0.4) is 0 Å². The fraction of sp³-hybridized carbons (Fsp3) is 0.105. The fourth-order valence-electron chi connectivity index (χ4n) is 2.28. The second-order valence-corrected chi connectivity index (χ2v) is 5.44. The number of nitrogens with zero attached hydrogens (tertiary/aromatic N) is 2. The summed E-state index contributed by atoms with van der Waals surface area (Å²) in [6.45, 7) is 2.42. The zero-order valence-electron chi connectivity index (χ0n) is 14.4. The molecule has 0 bridgehead atoms. The number of para-hydroxylation sites is 2.